The highest BCUT2D eigenvalue weighted by Gasteiger charge is 2.44. The van der Waals surface area contributed by atoms with Gasteiger partial charge in [-0.1, -0.05) is 11.6 Å². The SMILES string of the molecule is CC1(C)NC(=O)N(C[C@H](O)COc2ccc(Cl)cc2)C1=O. The average molecular weight is 313 g/mol. The van der Waals surface area contributed by atoms with E-state index in [0.29, 0.717) is 10.8 Å². The molecular formula is C14H17ClN2O4. The van der Waals surface area contributed by atoms with Crippen molar-refractivity contribution in [2.24, 2.45) is 0 Å². The number of β-amino-alcohol motifs (C(OH)–C–C–N with tert-alkyl or cyclic N) is 1. The van der Waals surface area contributed by atoms with Gasteiger partial charge in [0.2, 0.25) is 0 Å². The summed E-state index contributed by atoms with van der Waals surface area (Å²) in [5.41, 5.74) is -0.937. The predicted octanol–water partition coefficient (Wildman–Crippen LogP) is 1.41. The quantitative estimate of drug-likeness (QED) is 0.806. The number of ether oxygens (including phenoxy) is 1. The van der Waals surface area contributed by atoms with Crippen LogP contribution in [0.5, 0.6) is 5.75 Å². The number of carbonyl (C=O) groups is 2. The lowest BCUT2D eigenvalue weighted by Gasteiger charge is -2.19. The highest BCUT2D eigenvalue weighted by atomic mass is 35.5. The summed E-state index contributed by atoms with van der Waals surface area (Å²) in [7, 11) is 0. The van der Waals surface area contributed by atoms with Crippen molar-refractivity contribution < 1.29 is 19.4 Å². The third-order valence-corrected chi connectivity index (χ3v) is 3.35. The van der Waals surface area contributed by atoms with Crippen molar-refractivity contribution >= 4 is 23.5 Å². The van der Waals surface area contributed by atoms with Gasteiger partial charge in [0.1, 0.15) is 24.0 Å². The molecule has 1 fully saturated rings. The first-order valence-electron chi connectivity index (χ1n) is 6.50. The summed E-state index contributed by atoms with van der Waals surface area (Å²) in [4.78, 5) is 24.6. The molecule has 114 valence electrons. The lowest BCUT2D eigenvalue weighted by atomic mass is 10.1. The average Bonchev–Trinajstić information content (AvgIpc) is 2.60. The molecule has 21 heavy (non-hydrogen) atoms. The smallest absolute Gasteiger partial charge is 0.325 e. The lowest BCUT2D eigenvalue weighted by molar-refractivity contribution is -0.131. The summed E-state index contributed by atoms with van der Waals surface area (Å²) < 4.78 is 5.38. The Hall–Kier alpha value is -1.79. The number of carbonyl (C=O) groups excluding carboxylic acids is 2. The zero-order valence-electron chi connectivity index (χ0n) is 11.8. The molecule has 6 nitrogen and oxygen atoms in total. The van der Waals surface area contributed by atoms with Crippen LogP contribution in [0.3, 0.4) is 0 Å². The van der Waals surface area contributed by atoms with Gasteiger partial charge in [-0.3, -0.25) is 9.69 Å². The van der Waals surface area contributed by atoms with Gasteiger partial charge in [-0.05, 0) is 38.1 Å². The molecule has 2 rings (SSSR count). The number of hydrogen-bond acceptors (Lipinski definition) is 4. The van der Waals surface area contributed by atoms with Crippen LogP contribution in [-0.4, -0.2) is 46.7 Å². The fourth-order valence-electron chi connectivity index (χ4n) is 1.97. The highest BCUT2D eigenvalue weighted by molar-refractivity contribution is 6.30. The van der Waals surface area contributed by atoms with Crippen LogP contribution in [-0.2, 0) is 4.79 Å². The molecule has 0 aromatic heterocycles. The van der Waals surface area contributed by atoms with E-state index in [0.717, 1.165) is 4.90 Å². The van der Waals surface area contributed by atoms with Crippen LogP contribution in [0.25, 0.3) is 0 Å². The number of aliphatic hydroxyl groups is 1. The summed E-state index contributed by atoms with van der Waals surface area (Å²) in [5, 5.41) is 13.0. The van der Waals surface area contributed by atoms with Crippen molar-refractivity contribution in [1.29, 1.82) is 0 Å². The van der Waals surface area contributed by atoms with E-state index in [-0.39, 0.29) is 19.1 Å². The Morgan fingerprint density at radius 3 is 2.48 bits per heavy atom. The van der Waals surface area contributed by atoms with Gasteiger partial charge in [0.05, 0.1) is 6.54 Å². The van der Waals surface area contributed by atoms with Crippen LogP contribution >= 0.6 is 11.6 Å². The van der Waals surface area contributed by atoms with Crippen molar-refractivity contribution in [2.75, 3.05) is 13.2 Å². The van der Waals surface area contributed by atoms with Crippen molar-refractivity contribution in [1.82, 2.24) is 10.2 Å². The Balaban J connectivity index is 1.87. The maximum atomic E-state index is 12.0. The fraction of sp³-hybridized carbons (Fsp3) is 0.429. The van der Waals surface area contributed by atoms with Gasteiger partial charge in [0, 0.05) is 5.02 Å². The fourth-order valence-corrected chi connectivity index (χ4v) is 2.10. The first kappa shape index (κ1) is 15.6. The second kappa shape index (κ2) is 5.91. The summed E-state index contributed by atoms with van der Waals surface area (Å²) in [6.07, 6.45) is -0.968. The molecule has 3 amide bonds. The minimum absolute atomic E-state index is 0.0286. The van der Waals surface area contributed by atoms with Crippen LogP contribution in [0, 0.1) is 0 Å². The van der Waals surface area contributed by atoms with E-state index >= 15 is 0 Å². The monoisotopic (exact) mass is 312 g/mol. The molecule has 7 heteroatoms. The number of rotatable bonds is 5. The number of nitrogens with one attached hydrogen (secondary N) is 1. The zero-order chi connectivity index (χ0) is 15.6. The summed E-state index contributed by atoms with van der Waals surface area (Å²) in [6.45, 7) is 3.09. The zero-order valence-corrected chi connectivity index (χ0v) is 12.6. The van der Waals surface area contributed by atoms with Crippen LogP contribution < -0.4 is 10.1 Å². The molecule has 1 aliphatic heterocycles. The molecule has 1 aromatic rings. The lowest BCUT2D eigenvalue weighted by Crippen LogP contribution is -2.42. The number of halogens is 1. The van der Waals surface area contributed by atoms with Gasteiger partial charge >= 0.3 is 6.03 Å². The summed E-state index contributed by atoms with van der Waals surface area (Å²) in [5.74, 6) is 0.189. The standard InChI is InChI=1S/C14H17ClN2O4/c1-14(2)12(19)17(13(20)16-14)7-10(18)8-21-11-5-3-9(15)4-6-11/h3-6,10,18H,7-8H2,1-2H3,(H,16,20)/t10-/m0/s1. The molecular weight excluding hydrogens is 296 g/mol. The van der Waals surface area contributed by atoms with Crippen molar-refractivity contribution in [3.8, 4) is 5.75 Å². The Kier molecular flexibility index (Phi) is 4.39. The molecule has 2 N–H and O–H groups in total. The van der Waals surface area contributed by atoms with E-state index in [1.165, 1.54) is 0 Å². The van der Waals surface area contributed by atoms with Crippen molar-refractivity contribution in [3.63, 3.8) is 0 Å². The molecule has 1 atom stereocenters. The van der Waals surface area contributed by atoms with Crippen LogP contribution in [0.1, 0.15) is 13.8 Å². The molecule has 1 heterocycles. The van der Waals surface area contributed by atoms with Gasteiger partial charge in [-0.2, -0.15) is 0 Å². The normalized spacial score (nSPS) is 18.6. The number of hydrogen-bond donors (Lipinski definition) is 2. The minimum atomic E-state index is -0.968. The van der Waals surface area contributed by atoms with Gasteiger partial charge in [-0.15, -0.1) is 0 Å². The van der Waals surface area contributed by atoms with Gasteiger partial charge < -0.3 is 15.2 Å². The van der Waals surface area contributed by atoms with Gasteiger partial charge in [0.25, 0.3) is 5.91 Å². The molecule has 0 spiro atoms. The van der Waals surface area contributed by atoms with E-state index in [2.05, 4.69) is 5.32 Å². The Bertz CT molecular complexity index is 544. The second-order valence-electron chi connectivity index (χ2n) is 5.39. The third-order valence-electron chi connectivity index (χ3n) is 3.09. The van der Waals surface area contributed by atoms with E-state index in [1.54, 1.807) is 38.1 Å². The van der Waals surface area contributed by atoms with Crippen molar-refractivity contribution in [3.05, 3.63) is 29.3 Å². The number of urea groups is 1. The van der Waals surface area contributed by atoms with Gasteiger partial charge in [0.15, 0.2) is 0 Å². The molecule has 1 saturated heterocycles. The van der Waals surface area contributed by atoms with Crippen LogP contribution in [0.2, 0.25) is 5.02 Å². The van der Waals surface area contributed by atoms with Crippen LogP contribution in [0.4, 0.5) is 4.79 Å². The molecule has 0 saturated carbocycles. The minimum Gasteiger partial charge on any atom is -0.491 e. The molecule has 0 radical (unpaired) electrons. The third kappa shape index (κ3) is 3.65. The number of aliphatic hydroxyl groups excluding tert-OH is 1. The number of nitrogens with zero attached hydrogens (tertiary/aromatic N) is 1. The molecule has 1 aliphatic rings. The first-order chi connectivity index (χ1) is 9.79. The Labute approximate surface area is 127 Å². The van der Waals surface area contributed by atoms with Gasteiger partial charge in [-0.25, -0.2) is 4.79 Å². The van der Waals surface area contributed by atoms with E-state index < -0.39 is 17.7 Å². The largest absolute Gasteiger partial charge is 0.491 e. The Morgan fingerprint density at radius 1 is 1.33 bits per heavy atom. The van der Waals surface area contributed by atoms with Crippen molar-refractivity contribution in [2.45, 2.75) is 25.5 Å². The molecule has 0 aliphatic carbocycles. The van der Waals surface area contributed by atoms with E-state index in [9.17, 15) is 14.7 Å². The highest BCUT2D eigenvalue weighted by Crippen LogP contribution is 2.18. The maximum absolute atomic E-state index is 12.0. The summed E-state index contributed by atoms with van der Waals surface area (Å²) >= 11 is 5.75. The maximum Gasteiger partial charge on any atom is 0.325 e. The van der Waals surface area contributed by atoms with E-state index in [4.69, 9.17) is 16.3 Å². The number of benzene rings is 1. The number of amides is 3. The molecule has 0 unspecified atom stereocenters. The topological polar surface area (TPSA) is 78.9 Å². The summed E-state index contributed by atoms with van der Waals surface area (Å²) in [6, 6.07) is 6.18. The Morgan fingerprint density at radius 2 is 1.95 bits per heavy atom. The predicted molar refractivity (Wildman–Crippen MR) is 77.3 cm³/mol. The first-order valence-corrected chi connectivity index (χ1v) is 6.88. The second-order valence-corrected chi connectivity index (χ2v) is 5.83. The van der Waals surface area contributed by atoms with Crippen LogP contribution in [0.15, 0.2) is 24.3 Å². The molecule has 0 bridgehead atoms. The molecule has 1 aromatic carbocycles. The number of imide groups is 1. The van der Waals surface area contributed by atoms with E-state index in [1.807, 2.05) is 0 Å².